The molecule has 1 aromatic carbocycles. The number of anilines is 1. The van der Waals surface area contributed by atoms with E-state index in [0.717, 1.165) is 5.69 Å². The standard InChI is InChI=1S/C24H23N5O2S/c1-16(30-3)14-31-19-9-7-17(8-10-19)22-20(12-25)23(27-2)29-24(21(22)13-26)32-15-18-6-4-5-11-28-18/h4-11,16H,14-15H2,1-3H3,(H,27,29)/t16-/m1/s1/i3D3. The highest BCUT2D eigenvalue weighted by Gasteiger charge is 2.21. The first-order chi connectivity index (χ1) is 16.8. The Labute approximate surface area is 196 Å². The summed E-state index contributed by atoms with van der Waals surface area (Å²) in [5, 5.41) is 23.3. The molecule has 0 aliphatic rings. The van der Waals surface area contributed by atoms with Gasteiger partial charge < -0.3 is 14.8 Å². The molecule has 32 heavy (non-hydrogen) atoms. The molecule has 0 fully saturated rings. The van der Waals surface area contributed by atoms with Crippen LogP contribution in [-0.2, 0) is 10.5 Å². The van der Waals surface area contributed by atoms with Crippen molar-refractivity contribution < 1.29 is 13.6 Å². The smallest absolute Gasteiger partial charge is 0.145 e. The van der Waals surface area contributed by atoms with Crippen LogP contribution in [0.5, 0.6) is 5.75 Å². The van der Waals surface area contributed by atoms with Crippen LogP contribution in [0.1, 0.15) is 27.9 Å². The van der Waals surface area contributed by atoms with Gasteiger partial charge in [-0.05, 0) is 36.8 Å². The molecule has 162 valence electrons. The largest absolute Gasteiger partial charge is 0.491 e. The molecule has 0 saturated carbocycles. The van der Waals surface area contributed by atoms with E-state index in [4.69, 9.17) is 13.6 Å². The highest BCUT2D eigenvalue weighted by molar-refractivity contribution is 7.98. The molecule has 0 bridgehead atoms. The Morgan fingerprint density at radius 1 is 1.16 bits per heavy atom. The third-order valence-electron chi connectivity index (χ3n) is 4.54. The van der Waals surface area contributed by atoms with E-state index in [-0.39, 0.29) is 12.2 Å². The molecule has 1 N–H and O–H groups in total. The van der Waals surface area contributed by atoms with Crippen LogP contribution in [0, 0.1) is 22.7 Å². The molecule has 0 saturated heterocycles. The highest BCUT2D eigenvalue weighted by atomic mass is 32.2. The molecule has 0 aliphatic carbocycles. The van der Waals surface area contributed by atoms with Crippen LogP contribution in [0.3, 0.4) is 0 Å². The zero-order valence-corrected chi connectivity index (χ0v) is 18.4. The van der Waals surface area contributed by atoms with Gasteiger partial charge in [0.05, 0.1) is 21.5 Å². The fourth-order valence-electron chi connectivity index (χ4n) is 2.94. The predicted octanol–water partition coefficient (Wildman–Crippen LogP) is 4.63. The average molecular weight is 449 g/mol. The number of nitrogens with zero attached hydrogens (tertiary/aromatic N) is 4. The highest BCUT2D eigenvalue weighted by Crippen LogP contribution is 2.37. The predicted molar refractivity (Wildman–Crippen MR) is 124 cm³/mol. The summed E-state index contributed by atoms with van der Waals surface area (Å²) in [7, 11) is -0.821. The summed E-state index contributed by atoms with van der Waals surface area (Å²) >= 11 is 1.37. The monoisotopic (exact) mass is 448 g/mol. The van der Waals surface area contributed by atoms with Gasteiger partial charge in [-0.15, -0.1) is 0 Å². The number of thioether (sulfide) groups is 1. The molecule has 2 heterocycles. The Kier molecular flexibility index (Phi) is 6.66. The molecule has 0 spiro atoms. The molecule has 0 radical (unpaired) electrons. The van der Waals surface area contributed by atoms with Gasteiger partial charge in [-0.25, -0.2) is 4.98 Å². The van der Waals surface area contributed by atoms with Crippen molar-refractivity contribution in [3.8, 4) is 29.0 Å². The molecule has 0 aliphatic heterocycles. The average Bonchev–Trinajstić information content (AvgIpc) is 2.85. The Hall–Kier alpha value is -3.59. The van der Waals surface area contributed by atoms with Gasteiger partial charge in [0, 0.05) is 31.6 Å². The van der Waals surface area contributed by atoms with E-state index in [2.05, 4.69) is 27.4 Å². The molecule has 3 aromatic rings. The first kappa shape index (κ1) is 19.1. The van der Waals surface area contributed by atoms with Crippen molar-refractivity contribution in [3.05, 3.63) is 65.5 Å². The van der Waals surface area contributed by atoms with Gasteiger partial charge in [-0.2, -0.15) is 10.5 Å². The van der Waals surface area contributed by atoms with Crippen molar-refractivity contribution in [1.29, 1.82) is 10.5 Å². The number of aromatic nitrogens is 2. The van der Waals surface area contributed by atoms with Crippen molar-refractivity contribution >= 4 is 17.6 Å². The Balaban J connectivity index is 1.91. The topological polar surface area (TPSA) is 104 Å². The zero-order valence-electron chi connectivity index (χ0n) is 20.6. The maximum absolute atomic E-state index is 10.0. The summed E-state index contributed by atoms with van der Waals surface area (Å²) in [6.07, 6.45) is 1.08. The summed E-state index contributed by atoms with van der Waals surface area (Å²) in [4.78, 5) is 8.84. The fraction of sp³-hybridized carbons (Fsp3) is 0.250. The third-order valence-corrected chi connectivity index (χ3v) is 5.55. The van der Waals surface area contributed by atoms with Gasteiger partial charge >= 0.3 is 0 Å². The van der Waals surface area contributed by atoms with Crippen molar-refractivity contribution in [2.75, 3.05) is 26.0 Å². The summed E-state index contributed by atoms with van der Waals surface area (Å²) < 4.78 is 32.0. The van der Waals surface area contributed by atoms with Crippen LogP contribution >= 0.6 is 11.8 Å². The number of pyridine rings is 2. The van der Waals surface area contributed by atoms with Gasteiger partial charge in [0.1, 0.15) is 40.9 Å². The van der Waals surface area contributed by atoms with Crippen molar-refractivity contribution in [1.82, 2.24) is 9.97 Å². The SMILES string of the molecule is [2H]C([2H])([2H])O[C@H](C)COc1ccc(-c2c(C#N)c(NC)nc(SCc3ccccn3)c2C#N)cc1. The van der Waals surface area contributed by atoms with Crippen LogP contribution in [0.15, 0.2) is 53.7 Å². The van der Waals surface area contributed by atoms with E-state index >= 15 is 0 Å². The zero-order chi connectivity index (χ0) is 25.4. The second kappa shape index (κ2) is 11.1. The lowest BCUT2D eigenvalue weighted by atomic mass is 9.96. The molecule has 3 rings (SSSR count). The lowest BCUT2D eigenvalue weighted by Gasteiger charge is -2.15. The first-order valence-electron chi connectivity index (χ1n) is 11.3. The number of ether oxygens (including phenoxy) is 2. The molecular weight excluding hydrogens is 422 g/mol. The van der Waals surface area contributed by atoms with Gasteiger partial charge in [0.15, 0.2) is 0 Å². The minimum atomic E-state index is -2.49. The third kappa shape index (κ3) is 5.36. The molecule has 1 atom stereocenters. The fourth-order valence-corrected chi connectivity index (χ4v) is 3.84. The van der Waals surface area contributed by atoms with Gasteiger partial charge in [-0.3, -0.25) is 4.98 Å². The number of nitrogens with one attached hydrogen (secondary N) is 1. The number of hydrogen-bond acceptors (Lipinski definition) is 8. The van der Waals surface area contributed by atoms with Crippen LogP contribution in [0.2, 0.25) is 0 Å². The molecular formula is C24H23N5O2S. The summed E-state index contributed by atoms with van der Waals surface area (Å²) in [6, 6.07) is 16.9. The first-order valence-corrected chi connectivity index (χ1v) is 10.7. The van der Waals surface area contributed by atoms with Crippen molar-refractivity contribution in [2.24, 2.45) is 0 Å². The summed E-state index contributed by atoms with van der Waals surface area (Å²) in [5.41, 5.74) is 2.53. The lowest BCUT2D eigenvalue weighted by molar-refractivity contribution is 0.0717. The normalized spacial score (nSPS) is 13.1. The van der Waals surface area contributed by atoms with E-state index < -0.39 is 13.1 Å². The molecule has 8 heteroatoms. The van der Waals surface area contributed by atoms with E-state index in [0.29, 0.717) is 39.0 Å². The summed E-state index contributed by atoms with van der Waals surface area (Å²) in [6.45, 7) is 1.66. The van der Waals surface area contributed by atoms with Crippen LogP contribution in [-0.4, -0.2) is 36.8 Å². The number of methoxy groups -OCH3 is 1. The minimum Gasteiger partial charge on any atom is -0.491 e. The number of nitriles is 2. The number of benzene rings is 1. The minimum absolute atomic E-state index is 0.0537. The second-order valence-electron chi connectivity index (χ2n) is 6.74. The lowest BCUT2D eigenvalue weighted by Crippen LogP contribution is -2.15. The van der Waals surface area contributed by atoms with Crippen LogP contribution in [0.4, 0.5) is 5.82 Å². The summed E-state index contributed by atoms with van der Waals surface area (Å²) in [5.74, 6) is 1.39. The Bertz CT molecular complexity index is 1240. The van der Waals surface area contributed by atoms with E-state index in [9.17, 15) is 10.5 Å². The van der Waals surface area contributed by atoms with E-state index in [1.165, 1.54) is 11.8 Å². The number of hydrogen-bond donors (Lipinski definition) is 1. The van der Waals surface area contributed by atoms with E-state index in [1.807, 2.05) is 18.2 Å². The van der Waals surface area contributed by atoms with Crippen LogP contribution < -0.4 is 10.1 Å². The molecule has 7 nitrogen and oxygen atoms in total. The molecule has 0 amide bonds. The van der Waals surface area contributed by atoms with E-state index in [1.54, 1.807) is 44.4 Å². The Morgan fingerprint density at radius 3 is 2.56 bits per heavy atom. The van der Waals surface area contributed by atoms with Crippen LogP contribution in [0.25, 0.3) is 11.1 Å². The van der Waals surface area contributed by atoms with Crippen molar-refractivity contribution in [3.63, 3.8) is 0 Å². The van der Waals surface area contributed by atoms with Gasteiger partial charge in [0.25, 0.3) is 0 Å². The quantitative estimate of drug-likeness (QED) is 0.472. The Morgan fingerprint density at radius 2 is 1.94 bits per heavy atom. The maximum Gasteiger partial charge on any atom is 0.145 e. The number of rotatable bonds is 9. The molecule has 0 unspecified atom stereocenters. The van der Waals surface area contributed by atoms with Gasteiger partial charge in [0.2, 0.25) is 0 Å². The van der Waals surface area contributed by atoms with Gasteiger partial charge in [-0.1, -0.05) is 30.0 Å². The second-order valence-corrected chi connectivity index (χ2v) is 7.70. The maximum atomic E-state index is 10.0. The molecule has 2 aromatic heterocycles. The van der Waals surface area contributed by atoms with Crippen molar-refractivity contribution in [2.45, 2.75) is 23.8 Å².